The fourth-order valence-electron chi connectivity index (χ4n) is 1.25. The summed E-state index contributed by atoms with van der Waals surface area (Å²) in [5.74, 6) is 1.66. The van der Waals surface area contributed by atoms with Gasteiger partial charge in [-0.1, -0.05) is 18.7 Å². The Morgan fingerprint density at radius 3 is 2.71 bits per heavy atom. The molecule has 1 heterocycles. The minimum atomic E-state index is 0.193. The van der Waals surface area contributed by atoms with Crippen LogP contribution < -0.4 is 5.32 Å². The zero-order chi connectivity index (χ0) is 12.9. The van der Waals surface area contributed by atoms with Crippen LogP contribution in [0.5, 0.6) is 0 Å². The third-order valence-corrected chi connectivity index (χ3v) is 3.44. The number of thioether (sulfide) groups is 1. The monoisotopic (exact) mass is 253 g/mol. The Kier molecular flexibility index (Phi) is 5.40. The van der Waals surface area contributed by atoms with E-state index in [4.69, 9.17) is 0 Å². The molecule has 0 radical (unpaired) electrons. The zero-order valence-electron chi connectivity index (χ0n) is 11.4. The van der Waals surface area contributed by atoms with Crippen LogP contribution in [-0.4, -0.2) is 27.8 Å². The summed E-state index contributed by atoms with van der Waals surface area (Å²) in [6.45, 7) is 11.9. The van der Waals surface area contributed by atoms with Crippen molar-refractivity contribution >= 4 is 11.8 Å². The molecule has 0 aliphatic heterocycles. The maximum absolute atomic E-state index is 4.39. The van der Waals surface area contributed by atoms with Crippen LogP contribution in [0.15, 0.2) is 17.4 Å². The highest BCUT2D eigenvalue weighted by Gasteiger charge is 2.11. The molecule has 1 atom stereocenters. The van der Waals surface area contributed by atoms with Crippen LogP contribution in [0.3, 0.4) is 0 Å². The number of rotatable bonds is 5. The van der Waals surface area contributed by atoms with E-state index in [1.54, 1.807) is 11.8 Å². The van der Waals surface area contributed by atoms with Gasteiger partial charge in [-0.25, -0.2) is 9.97 Å². The minimum absolute atomic E-state index is 0.193. The lowest BCUT2D eigenvalue weighted by atomic mass is 10.1. The van der Waals surface area contributed by atoms with Crippen molar-refractivity contribution in [2.75, 3.05) is 12.3 Å². The maximum Gasteiger partial charge on any atom is 0.187 e. The quantitative estimate of drug-likeness (QED) is 0.647. The summed E-state index contributed by atoms with van der Waals surface area (Å²) in [7, 11) is 0. The molecule has 1 aromatic heterocycles. The van der Waals surface area contributed by atoms with E-state index in [1.165, 1.54) is 0 Å². The molecule has 17 heavy (non-hydrogen) atoms. The molecule has 1 unspecified atom stereocenters. The van der Waals surface area contributed by atoms with Crippen LogP contribution in [0.1, 0.15) is 33.4 Å². The first-order valence-electron chi connectivity index (χ1n) is 6.04. The first kappa shape index (κ1) is 14.5. The van der Waals surface area contributed by atoms with E-state index in [1.807, 2.05) is 19.2 Å². The number of nitrogens with zero attached hydrogens (tertiary/aromatic N) is 2. The standard InChI is InChI=1S/C13H23N3S/c1-10(8-15-13(3,4)5)9-17-12-14-7-6-11(2)16-12/h6-7,10,15H,8-9H2,1-5H3. The Bertz CT molecular complexity index is 347. The summed E-state index contributed by atoms with van der Waals surface area (Å²) in [5, 5.41) is 4.40. The fourth-order valence-corrected chi connectivity index (χ4v) is 2.15. The van der Waals surface area contributed by atoms with Crippen molar-refractivity contribution < 1.29 is 0 Å². The summed E-state index contributed by atoms with van der Waals surface area (Å²) < 4.78 is 0. The highest BCUT2D eigenvalue weighted by molar-refractivity contribution is 7.99. The van der Waals surface area contributed by atoms with E-state index in [-0.39, 0.29) is 5.54 Å². The molecular weight excluding hydrogens is 230 g/mol. The van der Waals surface area contributed by atoms with Gasteiger partial charge in [0.2, 0.25) is 0 Å². The number of aryl methyl sites for hydroxylation is 1. The van der Waals surface area contributed by atoms with E-state index < -0.39 is 0 Å². The molecule has 0 aromatic carbocycles. The molecule has 0 saturated heterocycles. The molecule has 0 aliphatic rings. The average Bonchev–Trinajstić information content (AvgIpc) is 2.23. The number of hydrogen-bond donors (Lipinski definition) is 1. The normalized spacial score (nSPS) is 13.7. The number of hydrogen-bond acceptors (Lipinski definition) is 4. The van der Waals surface area contributed by atoms with E-state index in [2.05, 4.69) is 43.0 Å². The van der Waals surface area contributed by atoms with Crippen LogP contribution in [-0.2, 0) is 0 Å². The third kappa shape index (κ3) is 6.64. The fraction of sp³-hybridized carbons (Fsp3) is 0.692. The van der Waals surface area contributed by atoms with Crippen molar-refractivity contribution in [3.63, 3.8) is 0 Å². The van der Waals surface area contributed by atoms with Gasteiger partial charge in [0.05, 0.1) is 0 Å². The SMILES string of the molecule is Cc1ccnc(SCC(C)CNC(C)(C)C)n1. The second-order valence-electron chi connectivity index (χ2n) is 5.53. The number of aromatic nitrogens is 2. The summed E-state index contributed by atoms with van der Waals surface area (Å²) in [6.07, 6.45) is 1.82. The predicted octanol–water partition coefficient (Wildman–Crippen LogP) is 2.90. The van der Waals surface area contributed by atoms with Gasteiger partial charge in [0.25, 0.3) is 0 Å². The zero-order valence-corrected chi connectivity index (χ0v) is 12.3. The van der Waals surface area contributed by atoms with Crippen molar-refractivity contribution in [2.24, 2.45) is 5.92 Å². The van der Waals surface area contributed by atoms with Gasteiger partial charge in [0.1, 0.15) is 0 Å². The predicted molar refractivity (Wildman–Crippen MR) is 74.4 cm³/mol. The summed E-state index contributed by atoms with van der Waals surface area (Å²) in [6, 6.07) is 1.93. The molecule has 0 fully saturated rings. The summed E-state index contributed by atoms with van der Waals surface area (Å²) in [5.41, 5.74) is 1.22. The van der Waals surface area contributed by atoms with Crippen molar-refractivity contribution in [2.45, 2.75) is 45.3 Å². The van der Waals surface area contributed by atoms with Gasteiger partial charge in [-0.05, 0) is 46.2 Å². The summed E-state index contributed by atoms with van der Waals surface area (Å²) in [4.78, 5) is 8.64. The van der Waals surface area contributed by atoms with Gasteiger partial charge in [-0.15, -0.1) is 0 Å². The Morgan fingerprint density at radius 2 is 2.12 bits per heavy atom. The van der Waals surface area contributed by atoms with Crippen LogP contribution in [0.2, 0.25) is 0 Å². The van der Waals surface area contributed by atoms with E-state index in [9.17, 15) is 0 Å². The van der Waals surface area contributed by atoms with Crippen molar-refractivity contribution in [3.05, 3.63) is 18.0 Å². The van der Waals surface area contributed by atoms with Crippen LogP contribution in [0.4, 0.5) is 0 Å². The Hall–Kier alpha value is -0.610. The lowest BCUT2D eigenvalue weighted by Crippen LogP contribution is -2.39. The molecule has 0 bridgehead atoms. The van der Waals surface area contributed by atoms with E-state index in [0.29, 0.717) is 5.92 Å². The number of nitrogens with one attached hydrogen (secondary N) is 1. The molecule has 96 valence electrons. The molecule has 0 spiro atoms. The highest BCUT2D eigenvalue weighted by atomic mass is 32.2. The average molecular weight is 253 g/mol. The molecule has 1 N–H and O–H groups in total. The summed E-state index contributed by atoms with van der Waals surface area (Å²) >= 11 is 1.73. The van der Waals surface area contributed by atoms with Gasteiger partial charge >= 0.3 is 0 Å². The smallest absolute Gasteiger partial charge is 0.187 e. The van der Waals surface area contributed by atoms with Crippen molar-refractivity contribution in [3.8, 4) is 0 Å². The molecule has 3 nitrogen and oxygen atoms in total. The largest absolute Gasteiger partial charge is 0.312 e. The molecule has 0 saturated carbocycles. The highest BCUT2D eigenvalue weighted by Crippen LogP contribution is 2.16. The second kappa shape index (κ2) is 6.36. The van der Waals surface area contributed by atoms with Gasteiger partial charge in [-0.3, -0.25) is 0 Å². The Balaban J connectivity index is 2.31. The topological polar surface area (TPSA) is 37.8 Å². The van der Waals surface area contributed by atoms with Crippen LogP contribution in [0.25, 0.3) is 0 Å². The van der Waals surface area contributed by atoms with Gasteiger partial charge < -0.3 is 5.32 Å². The van der Waals surface area contributed by atoms with Crippen LogP contribution >= 0.6 is 11.8 Å². The van der Waals surface area contributed by atoms with E-state index >= 15 is 0 Å². The Labute approximate surface area is 109 Å². The van der Waals surface area contributed by atoms with Crippen molar-refractivity contribution in [1.29, 1.82) is 0 Å². The lowest BCUT2D eigenvalue weighted by Gasteiger charge is -2.23. The lowest BCUT2D eigenvalue weighted by molar-refractivity contribution is 0.395. The first-order chi connectivity index (χ1) is 7.87. The third-order valence-electron chi connectivity index (χ3n) is 2.25. The molecule has 0 aliphatic carbocycles. The van der Waals surface area contributed by atoms with Gasteiger partial charge in [0, 0.05) is 23.2 Å². The molecule has 4 heteroatoms. The molecule has 1 rings (SSSR count). The van der Waals surface area contributed by atoms with Gasteiger partial charge in [0.15, 0.2) is 5.16 Å². The minimum Gasteiger partial charge on any atom is -0.312 e. The second-order valence-corrected chi connectivity index (χ2v) is 6.51. The van der Waals surface area contributed by atoms with E-state index in [0.717, 1.165) is 23.1 Å². The maximum atomic E-state index is 4.39. The molecule has 1 aromatic rings. The first-order valence-corrected chi connectivity index (χ1v) is 7.03. The molecular formula is C13H23N3S. The van der Waals surface area contributed by atoms with Crippen LogP contribution in [0, 0.1) is 12.8 Å². The molecule has 0 amide bonds. The Morgan fingerprint density at radius 1 is 1.41 bits per heavy atom. The van der Waals surface area contributed by atoms with Crippen molar-refractivity contribution in [1.82, 2.24) is 15.3 Å². The van der Waals surface area contributed by atoms with Gasteiger partial charge in [-0.2, -0.15) is 0 Å².